The summed E-state index contributed by atoms with van der Waals surface area (Å²) < 4.78 is 0. The standard InChI is InChI=1S/C8H12N4O/c1-2-11-7-3-5(8(10)13)6(9)4-12-7/h3-4H,2,9H2,1H3,(H2,10,13)(H,11,12). The molecule has 0 aliphatic carbocycles. The molecule has 5 heteroatoms. The number of carbonyl (C=O) groups is 1. The minimum absolute atomic E-state index is 0.297. The van der Waals surface area contributed by atoms with Crippen LogP contribution in [0.2, 0.25) is 0 Å². The molecule has 0 bridgehead atoms. The maximum Gasteiger partial charge on any atom is 0.250 e. The fraction of sp³-hybridized carbons (Fsp3) is 0.250. The summed E-state index contributed by atoms with van der Waals surface area (Å²) >= 11 is 0. The van der Waals surface area contributed by atoms with Gasteiger partial charge >= 0.3 is 0 Å². The second-order valence-electron chi connectivity index (χ2n) is 2.55. The van der Waals surface area contributed by atoms with Crippen molar-refractivity contribution >= 4 is 17.4 Å². The lowest BCUT2D eigenvalue weighted by atomic mass is 10.2. The lowest BCUT2D eigenvalue weighted by molar-refractivity contribution is 0.100. The predicted octanol–water partition coefficient (Wildman–Crippen LogP) is 0.194. The van der Waals surface area contributed by atoms with Crippen LogP contribution in [-0.4, -0.2) is 17.4 Å². The first kappa shape index (κ1) is 9.31. The Morgan fingerprint density at radius 1 is 1.69 bits per heavy atom. The molecule has 0 saturated carbocycles. The minimum Gasteiger partial charge on any atom is -0.397 e. The van der Waals surface area contributed by atoms with Crippen LogP contribution in [-0.2, 0) is 0 Å². The predicted molar refractivity (Wildman–Crippen MR) is 51.3 cm³/mol. The van der Waals surface area contributed by atoms with Crippen LogP contribution in [0.3, 0.4) is 0 Å². The molecule has 0 spiro atoms. The van der Waals surface area contributed by atoms with Gasteiger partial charge in [-0.3, -0.25) is 4.79 Å². The van der Waals surface area contributed by atoms with Crippen LogP contribution in [0.15, 0.2) is 12.3 Å². The third-order valence-electron chi connectivity index (χ3n) is 1.56. The van der Waals surface area contributed by atoms with Gasteiger partial charge in [0.05, 0.1) is 17.4 Å². The highest BCUT2D eigenvalue weighted by Crippen LogP contribution is 2.13. The molecule has 0 aliphatic heterocycles. The first-order valence-electron chi connectivity index (χ1n) is 3.94. The smallest absolute Gasteiger partial charge is 0.250 e. The molecule has 0 aliphatic rings. The summed E-state index contributed by atoms with van der Waals surface area (Å²) in [7, 11) is 0. The summed E-state index contributed by atoms with van der Waals surface area (Å²) in [6.07, 6.45) is 1.41. The third-order valence-corrected chi connectivity index (χ3v) is 1.56. The van der Waals surface area contributed by atoms with Crippen molar-refractivity contribution in [3.63, 3.8) is 0 Å². The van der Waals surface area contributed by atoms with E-state index in [1.54, 1.807) is 6.07 Å². The molecule has 0 unspecified atom stereocenters. The highest BCUT2D eigenvalue weighted by molar-refractivity contribution is 5.98. The van der Waals surface area contributed by atoms with Crippen LogP contribution in [0.1, 0.15) is 17.3 Å². The Hall–Kier alpha value is -1.78. The maximum atomic E-state index is 10.9. The summed E-state index contributed by atoms with van der Waals surface area (Å²) in [6.45, 7) is 2.66. The number of hydrogen-bond donors (Lipinski definition) is 3. The zero-order chi connectivity index (χ0) is 9.84. The maximum absolute atomic E-state index is 10.9. The molecule has 0 fully saturated rings. The number of nitrogens with one attached hydrogen (secondary N) is 1. The SMILES string of the molecule is CCNc1cc(C(N)=O)c(N)cn1. The molecule has 13 heavy (non-hydrogen) atoms. The number of nitrogen functional groups attached to an aromatic ring is 1. The van der Waals surface area contributed by atoms with E-state index in [0.29, 0.717) is 17.1 Å². The van der Waals surface area contributed by atoms with Crippen molar-refractivity contribution in [3.05, 3.63) is 17.8 Å². The fourth-order valence-electron chi connectivity index (χ4n) is 0.957. The Kier molecular flexibility index (Phi) is 2.69. The molecule has 1 aromatic rings. The van der Waals surface area contributed by atoms with Gasteiger partial charge < -0.3 is 16.8 Å². The van der Waals surface area contributed by atoms with Crippen molar-refractivity contribution in [2.75, 3.05) is 17.6 Å². The van der Waals surface area contributed by atoms with E-state index >= 15 is 0 Å². The Labute approximate surface area is 76.1 Å². The molecule has 1 amide bonds. The Balaban J connectivity index is 3.04. The second kappa shape index (κ2) is 3.75. The summed E-state index contributed by atoms with van der Waals surface area (Å²) in [5.74, 6) is 0.0598. The van der Waals surface area contributed by atoms with E-state index in [1.807, 2.05) is 6.92 Å². The largest absolute Gasteiger partial charge is 0.397 e. The van der Waals surface area contributed by atoms with Gasteiger partial charge in [0.25, 0.3) is 5.91 Å². The molecular weight excluding hydrogens is 168 g/mol. The number of rotatable bonds is 3. The Morgan fingerprint density at radius 2 is 2.38 bits per heavy atom. The van der Waals surface area contributed by atoms with Crippen LogP contribution in [0.25, 0.3) is 0 Å². The molecule has 70 valence electrons. The molecule has 1 heterocycles. The van der Waals surface area contributed by atoms with E-state index in [0.717, 1.165) is 6.54 Å². The van der Waals surface area contributed by atoms with Gasteiger partial charge in [-0.15, -0.1) is 0 Å². The van der Waals surface area contributed by atoms with E-state index in [1.165, 1.54) is 6.20 Å². The topological polar surface area (TPSA) is 94.0 Å². The number of hydrogen-bond acceptors (Lipinski definition) is 4. The normalized spacial score (nSPS) is 9.62. The third kappa shape index (κ3) is 2.08. The van der Waals surface area contributed by atoms with E-state index < -0.39 is 5.91 Å². The summed E-state index contributed by atoms with van der Waals surface area (Å²) in [5.41, 5.74) is 11.2. The van der Waals surface area contributed by atoms with Crippen molar-refractivity contribution < 1.29 is 4.79 Å². The lowest BCUT2D eigenvalue weighted by Gasteiger charge is -2.05. The van der Waals surface area contributed by atoms with Crippen molar-refractivity contribution in [1.82, 2.24) is 4.98 Å². The van der Waals surface area contributed by atoms with E-state index in [9.17, 15) is 4.79 Å². The summed E-state index contributed by atoms with van der Waals surface area (Å²) in [4.78, 5) is 14.8. The van der Waals surface area contributed by atoms with E-state index in [4.69, 9.17) is 11.5 Å². The first-order chi connectivity index (χ1) is 6.15. The van der Waals surface area contributed by atoms with Gasteiger partial charge in [-0.05, 0) is 13.0 Å². The minimum atomic E-state index is -0.543. The average Bonchev–Trinajstić information content (AvgIpc) is 2.08. The molecule has 0 atom stereocenters. The molecule has 0 radical (unpaired) electrons. The molecule has 0 aromatic carbocycles. The van der Waals surface area contributed by atoms with Crippen LogP contribution < -0.4 is 16.8 Å². The van der Waals surface area contributed by atoms with Crippen LogP contribution in [0.4, 0.5) is 11.5 Å². The van der Waals surface area contributed by atoms with E-state index in [-0.39, 0.29) is 0 Å². The monoisotopic (exact) mass is 180 g/mol. The van der Waals surface area contributed by atoms with Crippen molar-refractivity contribution in [2.45, 2.75) is 6.92 Å². The number of amides is 1. The van der Waals surface area contributed by atoms with Crippen molar-refractivity contribution in [1.29, 1.82) is 0 Å². The summed E-state index contributed by atoms with van der Waals surface area (Å²) in [5, 5.41) is 2.96. The quantitative estimate of drug-likeness (QED) is 0.619. The van der Waals surface area contributed by atoms with Crippen LogP contribution >= 0.6 is 0 Å². The van der Waals surface area contributed by atoms with Gasteiger partial charge in [0.15, 0.2) is 0 Å². The molecule has 0 saturated heterocycles. The average molecular weight is 180 g/mol. The molecule has 1 rings (SSSR count). The summed E-state index contributed by atoms with van der Waals surface area (Å²) in [6, 6.07) is 1.54. The zero-order valence-corrected chi connectivity index (χ0v) is 7.37. The number of nitrogens with two attached hydrogens (primary N) is 2. The molecule has 5 N–H and O–H groups in total. The van der Waals surface area contributed by atoms with Gasteiger partial charge in [-0.25, -0.2) is 4.98 Å². The van der Waals surface area contributed by atoms with Gasteiger partial charge in [0.2, 0.25) is 0 Å². The Bertz CT molecular complexity index is 324. The number of aromatic nitrogens is 1. The van der Waals surface area contributed by atoms with E-state index in [2.05, 4.69) is 10.3 Å². The second-order valence-corrected chi connectivity index (χ2v) is 2.55. The van der Waals surface area contributed by atoms with Crippen molar-refractivity contribution in [3.8, 4) is 0 Å². The highest BCUT2D eigenvalue weighted by atomic mass is 16.1. The molecule has 1 aromatic heterocycles. The van der Waals surface area contributed by atoms with Gasteiger partial charge in [-0.1, -0.05) is 0 Å². The number of carbonyl (C=O) groups excluding carboxylic acids is 1. The Morgan fingerprint density at radius 3 is 2.92 bits per heavy atom. The zero-order valence-electron chi connectivity index (χ0n) is 7.37. The number of nitrogens with zero attached hydrogens (tertiary/aromatic N) is 1. The van der Waals surface area contributed by atoms with Crippen molar-refractivity contribution in [2.24, 2.45) is 5.73 Å². The first-order valence-corrected chi connectivity index (χ1v) is 3.94. The van der Waals surface area contributed by atoms with Gasteiger partial charge in [0.1, 0.15) is 5.82 Å². The molecule has 5 nitrogen and oxygen atoms in total. The van der Waals surface area contributed by atoms with Crippen LogP contribution in [0.5, 0.6) is 0 Å². The fourth-order valence-corrected chi connectivity index (χ4v) is 0.957. The number of pyridine rings is 1. The van der Waals surface area contributed by atoms with Gasteiger partial charge in [-0.2, -0.15) is 0 Å². The number of anilines is 2. The van der Waals surface area contributed by atoms with Crippen LogP contribution in [0, 0.1) is 0 Å². The number of primary amides is 1. The highest BCUT2D eigenvalue weighted by Gasteiger charge is 2.06. The lowest BCUT2D eigenvalue weighted by Crippen LogP contribution is -2.14. The van der Waals surface area contributed by atoms with Gasteiger partial charge in [0, 0.05) is 6.54 Å². The molecular formula is C8H12N4O.